The molecule has 0 aromatic heterocycles. The highest BCUT2D eigenvalue weighted by molar-refractivity contribution is 5.76. The molecule has 0 aromatic rings. The van der Waals surface area contributed by atoms with Crippen molar-refractivity contribution in [2.75, 3.05) is 13.2 Å². The molecule has 0 aromatic carbocycles. The molecule has 6 heteroatoms. The number of carbonyl (C=O) groups excluding carboxylic acids is 2. The Labute approximate surface area is 291 Å². The molecule has 6 nitrogen and oxygen atoms in total. The van der Waals surface area contributed by atoms with Gasteiger partial charge in [0.05, 0.1) is 25.4 Å². The van der Waals surface area contributed by atoms with Gasteiger partial charge in [-0.05, 0) is 51.4 Å². The Kier molecular flexibility index (Phi) is 35.9. The summed E-state index contributed by atoms with van der Waals surface area (Å²) >= 11 is 0. The predicted octanol–water partition coefficient (Wildman–Crippen LogP) is 10.8. The number of nitrogens with one attached hydrogen (secondary N) is 1. The third kappa shape index (κ3) is 34.0. The summed E-state index contributed by atoms with van der Waals surface area (Å²) in [7, 11) is 0. The first-order chi connectivity index (χ1) is 23.0. The smallest absolute Gasteiger partial charge is 0.305 e. The van der Waals surface area contributed by atoms with Gasteiger partial charge in [-0.25, -0.2) is 0 Å². The number of unbranched alkanes of at least 4 members (excludes halogenated alkanes) is 23. The molecule has 0 bridgehead atoms. The van der Waals surface area contributed by atoms with E-state index in [0.717, 1.165) is 70.6 Å². The van der Waals surface area contributed by atoms with Crippen LogP contribution in [-0.4, -0.2) is 47.4 Å². The van der Waals surface area contributed by atoms with Crippen LogP contribution in [0.4, 0.5) is 0 Å². The maximum atomic E-state index is 12.3. The van der Waals surface area contributed by atoms with Crippen LogP contribution in [-0.2, 0) is 14.3 Å². The minimum Gasteiger partial charge on any atom is -0.466 e. The van der Waals surface area contributed by atoms with E-state index in [2.05, 4.69) is 31.3 Å². The molecule has 0 spiro atoms. The van der Waals surface area contributed by atoms with E-state index in [1.165, 1.54) is 103 Å². The Morgan fingerprint density at radius 3 is 1.55 bits per heavy atom. The maximum Gasteiger partial charge on any atom is 0.305 e. The van der Waals surface area contributed by atoms with Crippen molar-refractivity contribution in [1.82, 2.24) is 5.32 Å². The third-order valence-electron chi connectivity index (χ3n) is 8.97. The number of aliphatic hydroxyl groups is 2. The first kappa shape index (κ1) is 45.3. The number of allylic oxidation sites excluding steroid dienone is 3. The van der Waals surface area contributed by atoms with Gasteiger partial charge in [0.15, 0.2) is 0 Å². The molecule has 2 unspecified atom stereocenters. The van der Waals surface area contributed by atoms with E-state index >= 15 is 0 Å². The Morgan fingerprint density at radius 1 is 0.574 bits per heavy atom. The number of esters is 1. The third-order valence-corrected chi connectivity index (χ3v) is 8.97. The Balaban J connectivity index is 3.59. The summed E-state index contributed by atoms with van der Waals surface area (Å²) in [5.74, 6) is -0.172. The van der Waals surface area contributed by atoms with E-state index in [9.17, 15) is 19.8 Å². The molecular formula is C41H77NO5. The zero-order chi connectivity index (χ0) is 34.5. The number of carbonyl (C=O) groups is 2. The number of hydrogen-bond acceptors (Lipinski definition) is 5. The first-order valence-electron chi connectivity index (χ1n) is 20.1. The van der Waals surface area contributed by atoms with E-state index in [1.807, 2.05) is 6.08 Å². The highest BCUT2D eigenvalue weighted by atomic mass is 16.5. The van der Waals surface area contributed by atoms with Gasteiger partial charge in [0.1, 0.15) is 0 Å². The van der Waals surface area contributed by atoms with Crippen LogP contribution in [0.3, 0.4) is 0 Å². The van der Waals surface area contributed by atoms with E-state index in [1.54, 1.807) is 6.08 Å². The van der Waals surface area contributed by atoms with Crippen LogP contribution in [0.1, 0.15) is 200 Å². The Morgan fingerprint density at radius 2 is 1.02 bits per heavy atom. The standard InChI is InChI=1S/C41H77NO5/c1-3-5-7-9-11-13-14-15-19-23-27-31-35-41(46)47-36-32-28-24-20-16-18-22-26-30-34-40(45)42-38(37-43)39(44)33-29-25-21-17-12-10-8-6-4-2/h18,22,29,33,38-39,43-44H,3-17,19-21,23-28,30-32,34-37H2,1-2H3,(H,42,45)/b22-18-,33-29+. The number of amides is 1. The van der Waals surface area contributed by atoms with Crippen molar-refractivity contribution in [2.45, 2.75) is 212 Å². The number of aliphatic hydroxyl groups excluding tert-OH is 2. The molecule has 0 rings (SSSR count). The van der Waals surface area contributed by atoms with Gasteiger partial charge in [-0.15, -0.1) is 0 Å². The molecule has 0 heterocycles. The summed E-state index contributed by atoms with van der Waals surface area (Å²) in [4.78, 5) is 24.2. The number of ether oxygens (including phenoxy) is 1. The summed E-state index contributed by atoms with van der Waals surface area (Å²) < 4.78 is 5.40. The fraction of sp³-hybridized carbons (Fsp3) is 0.854. The van der Waals surface area contributed by atoms with Crippen molar-refractivity contribution < 1.29 is 24.5 Å². The van der Waals surface area contributed by atoms with Crippen molar-refractivity contribution >= 4 is 11.9 Å². The van der Waals surface area contributed by atoms with Gasteiger partial charge < -0.3 is 20.3 Å². The molecule has 2 atom stereocenters. The van der Waals surface area contributed by atoms with Crippen LogP contribution in [0.25, 0.3) is 0 Å². The molecule has 0 aliphatic rings. The molecule has 1 amide bonds. The van der Waals surface area contributed by atoms with Crippen LogP contribution in [0.15, 0.2) is 24.3 Å². The zero-order valence-electron chi connectivity index (χ0n) is 31.0. The quantitative estimate of drug-likeness (QED) is 0.0352. The molecule has 3 N–H and O–H groups in total. The lowest BCUT2D eigenvalue weighted by atomic mass is 10.0. The summed E-state index contributed by atoms with van der Waals surface area (Å²) in [6, 6.07) is -0.661. The van der Waals surface area contributed by atoms with Gasteiger partial charge >= 0.3 is 5.97 Å². The van der Waals surface area contributed by atoms with Crippen LogP contribution in [0.5, 0.6) is 0 Å². The van der Waals surface area contributed by atoms with Crippen LogP contribution in [0, 0.1) is 0 Å². The van der Waals surface area contributed by atoms with Gasteiger partial charge in [0.2, 0.25) is 5.91 Å². The second-order valence-electron chi connectivity index (χ2n) is 13.6. The largest absolute Gasteiger partial charge is 0.466 e. The van der Waals surface area contributed by atoms with Crippen LogP contribution >= 0.6 is 0 Å². The van der Waals surface area contributed by atoms with Gasteiger partial charge in [-0.2, -0.15) is 0 Å². The van der Waals surface area contributed by atoms with Crippen molar-refractivity contribution in [3.63, 3.8) is 0 Å². The van der Waals surface area contributed by atoms with Gasteiger partial charge in [-0.1, -0.05) is 160 Å². The van der Waals surface area contributed by atoms with Crippen molar-refractivity contribution in [2.24, 2.45) is 0 Å². The lowest BCUT2D eigenvalue weighted by molar-refractivity contribution is -0.143. The molecule has 0 saturated heterocycles. The fourth-order valence-corrected chi connectivity index (χ4v) is 5.81. The molecule has 0 radical (unpaired) electrons. The highest BCUT2D eigenvalue weighted by Gasteiger charge is 2.17. The van der Waals surface area contributed by atoms with Crippen LogP contribution < -0.4 is 5.32 Å². The molecule has 0 aliphatic heterocycles. The topological polar surface area (TPSA) is 95.9 Å². The molecule has 0 saturated carbocycles. The Hall–Kier alpha value is -1.66. The summed E-state index contributed by atoms with van der Waals surface area (Å²) in [6.07, 6.45) is 40.2. The van der Waals surface area contributed by atoms with Crippen LogP contribution in [0.2, 0.25) is 0 Å². The Bertz CT molecular complexity index is 737. The van der Waals surface area contributed by atoms with Gasteiger partial charge in [0.25, 0.3) is 0 Å². The second kappa shape index (κ2) is 37.2. The van der Waals surface area contributed by atoms with Crippen molar-refractivity contribution in [3.05, 3.63) is 24.3 Å². The molecule has 47 heavy (non-hydrogen) atoms. The van der Waals surface area contributed by atoms with Crippen molar-refractivity contribution in [1.29, 1.82) is 0 Å². The second-order valence-corrected chi connectivity index (χ2v) is 13.6. The lowest BCUT2D eigenvalue weighted by Crippen LogP contribution is -2.45. The monoisotopic (exact) mass is 664 g/mol. The van der Waals surface area contributed by atoms with Gasteiger partial charge in [0, 0.05) is 12.8 Å². The number of hydrogen-bond donors (Lipinski definition) is 3. The highest BCUT2D eigenvalue weighted by Crippen LogP contribution is 2.13. The zero-order valence-corrected chi connectivity index (χ0v) is 31.0. The average molecular weight is 664 g/mol. The number of rotatable bonds is 36. The van der Waals surface area contributed by atoms with E-state index in [4.69, 9.17) is 4.74 Å². The van der Waals surface area contributed by atoms with E-state index in [0.29, 0.717) is 19.4 Å². The fourth-order valence-electron chi connectivity index (χ4n) is 5.81. The molecule has 0 aliphatic carbocycles. The molecule has 276 valence electrons. The average Bonchev–Trinajstić information content (AvgIpc) is 3.07. The van der Waals surface area contributed by atoms with E-state index < -0.39 is 12.1 Å². The minimum atomic E-state index is -0.871. The summed E-state index contributed by atoms with van der Waals surface area (Å²) in [5, 5.41) is 22.7. The normalized spacial score (nSPS) is 13.0. The summed E-state index contributed by atoms with van der Waals surface area (Å²) in [5.41, 5.74) is 0. The predicted molar refractivity (Wildman–Crippen MR) is 200 cm³/mol. The molecule has 0 fully saturated rings. The maximum absolute atomic E-state index is 12.3. The first-order valence-corrected chi connectivity index (χ1v) is 20.1. The SMILES string of the molecule is CCCCCCCCC/C=C/C(O)C(CO)NC(=O)CCC/C=C\CCCCCCOC(=O)CCCCCCCCCCCCCC. The lowest BCUT2D eigenvalue weighted by Gasteiger charge is -2.19. The van der Waals surface area contributed by atoms with Gasteiger partial charge in [-0.3, -0.25) is 9.59 Å². The van der Waals surface area contributed by atoms with E-state index in [-0.39, 0.29) is 18.5 Å². The minimum absolute atomic E-state index is 0.0392. The summed E-state index contributed by atoms with van der Waals surface area (Å²) in [6.45, 7) is 4.75. The molecular weight excluding hydrogens is 586 g/mol. The van der Waals surface area contributed by atoms with Crippen molar-refractivity contribution in [3.8, 4) is 0 Å².